The van der Waals surface area contributed by atoms with Gasteiger partial charge < -0.3 is 10.1 Å². The Morgan fingerprint density at radius 1 is 1.30 bits per heavy atom. The molecule has 0 atom stereocenters. The van der Waals surface area contributed by atoms with Crippen molar-refractivity contribution in [2.45, 2.75) is 26.4 Å². The minimum atomic E-state index is -0.246. The number of ether oxygens (including phenoxy) is 1. The number of methoxy groups -OCH3 is 1. The second-order valence-corrected chi connectivity index (χ2v) is 4.89. The highest BCUT2D eigenvalue weighted by molar-refractivity contribution is 5.69. The third kappa shape index (κ3) is 3.33. The molecule has 0 fully saturated rings. The fourth-order valence-electron chi connectivity index (χ4n) is 2.01. The van der Waals surface area contributed by atoms with E-state index >= 15 is 0 Å². The standard InChI is InChI=1S/C16H19FN2O/c1-11(2)19-10-12-9-13(17)6-7-14(12)16-15(20-3)5-4-8-18-16/h4-9,11,19H,10H2,1-3H3. The normalized spacial score (nSPS) is 10.8. The maximum atomic E-state index is 13.5. The number of aromatic nitrogens is 1. The second-order valence-electron chi connectivity index (χ2n) is 4.89. The monoisotopic (exact) mass is 274 g/mol. The number of hydrogen-bond acceptors (Lipinski definition) is 3. The number of nitrogens with one attached hydrogen (secondary N) is 1. The van der Waals surface area contributed by atoms with Gasteiger partial charge in [0.15, 0.2) is 0 Å². The Balaban J connectivity index is 2.44. The maximum absolute atomic E-state index is 13.5. The van der Waals surface area contributed by atoms with Gasteiger partial charge in [0.25, 0.3) is 0 Å². The molecule has 3 nitrogen and oxygen atoms in total. The van der Waals surface area contributed by atoms with Gasteiger partial charge in [-0.2, -0.15) is 0 Å². The quantitative estimate of drug-likeness (QED) is 0.907. The molecule has 20 heavy (non-hydrogen) atoms. The first-order valence-electron chi connectivity index (χ1n) is 6.63. The number of benzene rings is 1. The number of nitrogens with zero attached hydrogens (tertiary/aromatic N) is 1. The highest BCUT2D eigenvalue weighted by Crippen LogP contribution is 2.30. The van der Waals surface area contributed by atoms with E-state index in [0.717, 1.165) is 16.8 Å². The summed E-state index contributed by atoms with van der Waals surface area (Å²) in [5.41, 5.74) is 2.49. The number of pyridine rings is 1. The second kappa shape index (κ2) is 6.48. The minimum absolute atomic E-state index is 0.246. The molecule has 0 aliphatic heterocycles. The molecule has 2 rings (SSSR count). The van der Waals surface area contributed by atoms with Crippen molar-refractivity contribution >= 4 is 0 Å². The van der Waals surface area contributed by atoms with E-state index < -0.39 is 0 Å². The summed E-state index contributed by atoms with van der Waals surface area (Å²) in [6.07, 6.45) is 1.71. The van der Waals surface area contributed by atoms with Crippen LogP contribution in [-0.2, 0) is 6.54 Å². The Hall–Kier alpha value is -1.94. The SMILES string of the molecule is COc1cccnc1-c1ccc(F)cc1CNC(C)C. The molecular formula is C16H19FN2O. The molecule has 1 heterocycles. The van der Waals surface area contributed by atoms with E-state index in [0.29, 0.717) is 18.3 Å². The van der Waals surface area contributed by atoms with Crippen molar-refractivity contribution < 1.29 is 9.13 Å². The molecule has 4 heteroatoms. The van der Waals surface area contributed by atoms with E-state index in [1.165, 1.54) is 6.07 Å². The Morgan fingerprint density at radius 2 is 2.10 bits per heavy atom. The topological polar surface area (TPSA) is 34.1 Å². The predicted molar refractivity (Wildman–Crippen MR) is 78.2 cm³/mol. The largest absolute Gasteiger partial charge is 0.494 e. The molecule has 106 valence electrons. The summed E-state index contributed by atoms with van der Waals surface area (Å²) >= 11 is 0. The van der Waals surface area contributed by atoms with Crippen LogP contribution in [-0.4, -0.2) is 18.1 Å². The Bertz CT molecular complexity index is 584. The van der Waals surface area contributed by atoms with Crippen LogP contribution < -0.4 is 10.1 Å². The van der Waals surface area contributed by atoms with Gasteiger partial charge in [-0.25, -0.2) is 4.39 Å². The van der Waals surface area contributed by atoms with Crippen molar-refractivity contribution in [1.82, 2.24) is 10.3 Å². The molecule has 1 N–H and O–H groups in total. The Kier molecular flexibility index (Phi) is 4.69. The van der Waals surface area contributed by atoms with E-state index in [1.54, 1.807) is 25.4 Å². The summed E-state index contributed by atoms with van der Waals surface area (Å²) in [5.74, 6) is 0.439. The lowest BCUT2D eigenvalue weighted by Crippen LogP contribution is -2.22. The molecule has 0 spiro atoms. The predicted octanol–water partition coefficient (Wildman–Crippen LogP) is 3.39. The van der Waals surface area contributed by atoms with Crippen molar-refractivity contribution in [2.75, 3.05) is 7.11 Å². The minimum Gasteiger partial charge on any atom is -0.494 e. The number of halogens is 1. The van der Waals surface area contributed by atoms with Crippen LogP contribution >= 0.6 is 0 Å². The summed E-state index contributed by atoms with van der Waals surface area (Å²) in [4.78, 5) is 4.36. The molecule has 0 saturated heterocycles. The summed E-state index contributed by atoms with van der Waals surface area (Å²) < 4.78 is 18.8. The van der Waals surface area contributed by atoms with Crippen LogP contribution in [0.4, 0.5) is 4.39 Å². The van der Waals surface area contributed by atoms with Crippen molar-refractivity contribution in [3.8, 4) is 17.0 Å². The van der Waals surface area contributed by atoms with Crippen LogP contribution in [0.1, 0.15) is 19.4 Å². The first-order chi connectivity index (χ1) is 9.61. The highest BCUT2D eigenvalue weighted by Gasteiger charge is 2.12. The average molecular weight is 274 g/mol. The van der Waals surface area contributed by atoms with Gasteiger partial charge >= 0.3 is 0 Å². The van der Waals surface area contributed by atoms with E-state index in [9.17, 15) is 4.39 Å². The Labute approximate surface area is 118 Å². The third-order valence-corrected chi connectivity index (χ3v) is 3.01. The molecule has 0 aliphatic rings. The fraction of sp³-hybridized carbons (Fsp3) is 0.312. The molecule has 0 unspecified atom stereocenters. The van der Waals surface area contributed by atoms with Crippen molar-refractivity contribution in [3.63, 3.8) is 0 Å². The number of hydrogen-bond donors (Lipinski definition) is 1. The van der Waals surface area contributed by atoms with Crippen LogP contribution in [0.25, 0.3) is 11.3 Å². The van der Waals surface area contributed by atoms with E-state index in [4.69, 9.17) is 4.74 Å². The summed E-state index contributed by atoms with van der Waals surface area (Å²) in [5, 5.41) is 3.30. The van der Waals surface area contributed by atoms with Crippen LogP contribution in [0, 0.1) is 5.82 Å². The van der Waals surface area contributed by atoms with E-state index in [2.05, 4.69) is 24.1 Å². The average Bonchev–Trinajstić information content (AvgIpc) is 2.45. The molecule has 1 aromatic carbocycles. The smallest absolute Gasteiger partial charge is 0.145 e. The Morgan fingerprint density at radius 3 is 2.80 bits per heavy atom. The molecular weight excluding hydrogens is 255 g/mol. The van der Waals surface area contributed by atoms with Gasteiger partial charge in [0.2, 0.25) is 0 Å². The molecule has 0 saturated carbocycles. The third-order valence-electron chi connectivity index (χ3n) is 3.01. The van der Waals surface area contributed by atoms with Crippen molar-refractivity contribution in [3.05, 3.63) is 47.9 Å². The van der Waals surface area contributed by atoms with Crippen LogP contribution in [0.3, 0.4) is 0 Å². The molecule has 0 aliphatic carbocycles. The lowest BCUT2D eigenvalue weighted by atomic mass is 10.0. The van der Waals surface area contributed by atoms with E-state index in [1.807, 2.05) is 12.1 Å². The van der Waals surface area contributed by atoms with E-state index in [-0.39, 0.29) is 5.82 Å². The van der Waals surface area contributed by atoms with Gasteiger partial charge in [0.1, 0.15) is 17.3 Å². The van der Waals surface area contributed by atoms with Gasteiger partial charge in [-0.05, 0) is 35.9 Å². The van der Waals surface area contributed by atoms with Gasteiger partial charge in [-0.3, -0.25) is 4.98 Å². The fourth-order valence-corrected chi connectivity index (χ4v) is 2.01. The summed E-state index contributed by atoms with van der Waals surface area (Å²) in [7, 11) is 1.61. The molecule has 0 bridgehead atoms. The lowest BCUT2D eigenvalue weighted by Gasteiger charge is -2.14. The zero-order valence-corrected chi connectivity index (χ0v) is 12.0. The van der Waals surface area contributed by atoms with Gasteiger partial charge in [-0.1, -0.05) is 13.8 Å². The molecule has 1 aromatic heterocycles. The number of rotatable bonds is 5. The molecule has 2 aromatic rings. The molecule has 0 amide bonds. The first kappa shape index (κ1) is 14.5. The van der Waals surface area contributed by atoms with Gasteiger partial charge in [-0.15, -0.1) is 0 Å². The van der Waals surface area contributed by atoms with Crippen molar-refractivity contribution in [1.29, 1.82) is 0 Å². The highest BCUT2D eigenvalue weighted by atomic mass is 19.1. The maximum Gasteiger partial charge on any atom is 0.145 e. The van der Waals surface area contributed by atoms with Gasteiger partial charge in [0.05, 0.1) is 7.11 Å². The van der Waals surface area contributed by atoms with Crippen molar-refractivity contribution in [2.24, 2.45) is 0 Å². The van der Waals surface area contributed by atoms with Gasteiger partial charge in [0, 0.05) is 24.3 Å². The lowest BCUT2D eigenvalue weighted by molar-refractivity contribution is 0.414. The van der Waals surface area contributed by atoms with Crippen LogP contribution in [0.5, 0.6) is 5.75 Å². The van der Waals surface area contributed by atoms with Crippen LogP contribution in [0.2, 0.25) is 0 Å². The molecule has 0 radical (unpaired) electrons. The van der Waals surface area contributed by atoms with Crippen LogP contribution in [0.15, 0.2) is 36.5 Å². The summed E-state index contributed by atoms with van der Waals surface area (Å²) in [6, 6.07) is 8.74. The summed E-state index contributed by atoms with van der Waals surface area (Å²) in [6.45, 7) is 4.70. The first-order valence-corrected chi connectivity index (χ1v) is 6.63. The zero-order chi connectivity index (χ0) is 14.5. The zero-order valence-electron chi connectivity index (χ0n) is 12.0.